The summed E-state index contributed by atoms with van der Waals surface area (Å²) in [4.78, 5) is 12.2. The third-order valence-corrected chi connectivity index (χ3v) is 4.14. The lowest BCUT2D eigenvalue weighted by Gasteiger charge is -2.06. The Bertz CT molecular complexity index is 841. The fraction of sp³-hybridized carbons (Fsp3) is 0.111. The van der Waals surface area contributed by atoms with Gasteiger partial charge in [0.2, 0.25) is 6.79 Å². The van der Waals surface area contributed by atoms with Gasteiger partial charge < -0.3 is 14.8 Å². The van der Waals surface area contributed by atoms with Crippen molar-refractivity contribution in [3.8, 4) is 17.6 Å². The number of hydrogen-bond acceptors (Lipinski definition) is 4. The molecule has 0 saturated heterocycles. The fourth-order valence-electron chi connectivity index (χ4n) is 2.22. The molecule has 1 N–H and O–H groups in total. The van der Waals surface area contributed by atoms with Gasteiger partial charge in [-0.15, -0.1) is 0 Å². The third kappa shape index (κ3) is 3.58. The molecule has 0 atom stereocenters. The topological polar surface area (TPSA) is 71.3 Å². The van der Waals surface area contributed by atoms with Crippen molar-refractivity contribution in [3.63, 3.8) is 0 Å². The molecule has 2 aromatic carbocycles. The van der Waals surface area contributed by atoms with E-state index in [0.29, 0.717) is 23.6 Å². The second-order valence-corrected chi connectivity index (χ2v) is 5.92. The minimum Gasteiger partial charge on any atom is -0.454 e. The van der Waals surface area contributed by atoms with Crippen LogP contribution in [0.15, 0.2) is 52.5 Å². The van der Waals surface area contributed by atoms with Gasteiger partial charge in [-0.1, -0.05) is 46.3 Å². The first-order chi connectivity index (χ1) is 11.7. The van der Waals surface area contributed by atoms with Gasteiger partial charge in [0.15, 0.2) is 11.5 Å². The second kappa shape index (κ2) is 7.20. The largest absolute Gasteiger partial charge is 0.454 e. The summed E-state index contributed by atoms with van der Waals surface area (Å²) in [7, 11) is 0. The number of nitriles is 1. The number of nitrogens with zero attached hydrogens (tertiary/aromatic N) is 1. The van der Waals surface area contributed by atoms with Crippen molar-refractivity contribution in [2.75, 3.05) is 6.79 Å². The minimum absolute atomic E-state index is 0.0190. The van der Waals surface area contributed by atoms with Crippen molar-refractivity contribution in [2.24, 2.45) is 0 Å². The number of carbonyl (C=O) groups is 1. The number of fused-ring (bicyclic) bond motifs is 1. The average Bonchev–Trinajstić information content (AvgIpc) is 3.05. The highest BCUT2D eigenvalue weighted by atomic mass is 79.9. The summed E-state index contributed by atoms with van der Waals surface area (Å²) in [6.45, 7) is 0.526. The Hall–Kier alpha value is -2.78. The molecule has 0 radical (unpaired) electrons. The van der Waals surface area contributed by atoms with Gasteiger partial charge >= 0.3 is 0 Å². The first kappa shape index (κ1) is 16.1. The van der Waals surface area contributed by atoms with Gasteiger partial charge in [-0.3, -0.25) is 4.79 Å². The van der Waals surface area contributed by atoms with Crippen LogP contribution in [0.5, 0.6) is 11.5 Å². The van der Waals surface area contributed by atoms with Gasteiger partial charge in [-0.05, 0) is 29.3 Å². The van der Waals surface area contributed by atoms with Crippen LogP contribution in [0.1, 0.15) is 11.1 Å². The predicted octanol–water partition coefficient (Wildman–Crippen LogP) is 3.40. The van der Waals surface area contributed by atoms with E-state index in [2.05, 4.69) is 21.2 Å². The van der Waals surface area contributed by atoms with E-state index in [-0.39, 0.29) is 12.4 Å². The zero-order valence-corrected chi connectivity index (χ0v) is 14.2. The van der Waals surface area contributed by atoms with E-state index in [4.69, 9.17) is 9.47 Å². The van der Waals surface area contributed by atoms with Crippen LogP contribution in [-0.2, 0) is 11.3 Å². The maximum Gasteiger partial charge on any atom is 0.262 e. The van der Waals surface area contributed by atoms with Crippen molar-refractivity contribution in [1.82, 2.24) is 5.32 Å². The van der Waals surface area contributed by atoms with Crippen LogP contribution in [0.2, 0.25) is 0 Å². The van der Waals surface area contributed by atoms with Crippen molar-refractivity contribution in [2.45, 2.75) is 6.54 Å². The van der Waals surface area contributed by atoms with E-state index in [1.165, 1.54) is 6.08 Å². The van der Waals surface area contributed by atoms with Crippen molar-refractivity contribution in [1.29, 1.82) is 5.26 Å². The molecule has 6 heteroatoms. The lowest BCUT2D eigenvalue weighted by atomic mass is 10.1. The number of nitrogens with one attached hydrogen (secondary N) is 1. The number of ether oxygens (including phenoxy) is 2. The monoisotopic (exact) mass is 384 g/mol. The molecule has 0 fully saturated rings. The minimum atomic E-state index is -0.425. The first-order valence-corrected chi connectivity index (χ1v) is 8.00. The van der Waals surface area contributed by atoms with Crippen molar-refractivity contribution >= 4 is 27.9 Å². The second-order valence-electron chi connectivity index (χ2n) is 5.07. The zero-order chi connectivity index (χ0) is 16.9. The molecule has 1 aliphatic heterocycles. The van der Waals surface area contributed by atoms with E-state index >= 15 is 0 Å². The SMILES string of the molecule is N#CC(=Cc1cc2c(cc1Br)OCO2)C(=O)NCc1ccccc1. The number of amides is 1. The zero-order valence-electron chi connectivity index (χ0n) is 12.6. The quantitative estimate of drug-likeness (QED) is 0.647. The van der Waals surface area contributed by atoms with Gasteiger partial charge in [0.1, 0.15) is 11.6 Å². The molecule has 1 aliphatic rings. The van der Waals surface area contributed by atoms with Crippen LogP contribution in [0.25, 0.3) is 6.08 Å². The van der Waals surface area contributed by atoms with E-state index < -0.39 is 5.91 Å². The number of benzene rings is 2. The smallest absolute Gasteiger partial charge is 0.262 e. The maximum absolute atomic E-state index is 12.2. The molecular formula is C18H13BrN2O3. The molecule has 1 amide bonds. The van der Waals surface area contributed by atoms with Gasteiger partial charge in [-0.25, -0.2) is 0 Å². The summed E-state index contributed by atoms with van der Waals surface area (Å²) in [5, 5.41) is 12.0. The Labute approximate surface area is 147 Å². The fourth-order valence-corrected chi connectivity index (χ4v) is 2.66. The molecule has 120 valence electrons. The third-order valence-electron chi connectivity index (χ3n) is 3.45. The number of hydrogen-bond donors (Lipinski definition) is 1. The molecule has 0 bridgehead atoms. The van der Waals surface area contributed by atoms with Gasteiger partial charge in [0.25, 0.3) is 5.91 Å². The molecule has 24 heavy (non-hydrogen) atoms. The normalized spacial score (nSPS) is 12.6. The summed E-state index contributed by atoms with van der Waals surface area (Å²) in [6.07, 6.45) is 1.52. The van der Waals surface area contributed by atoms with Gasteiger partial charge in [0, 0.05) is 11.0 Å². The molecular weight excluding hydrogens is 372 g/mol. The predicted molar refractivity (Wildman–Crippen MR) is 92.1 cm³/mol. The standard InChI is InChI=1S/C18H13BrN2O3/c19-15-8-17-16(23-11-24-17)7-13(15)6-14(9-20)18(22)21-10-12-4-2-1-3-5-12/h1-8H,10-11H2,(H,21,22). The molecule has 5 nitrogen and oxygen atoms in total. The van der Waals surface area contributed by atoms with E-state index in [0.717, 1.165) is 10.0 Å². The summed E-state index contributed by atoms with van der Waals surface area (Å²) >= 11 is 3.41. The highest BCUT2D eigenvalue weighted by Crippen LogP contribution is 2.37. The Kier molecular flexibility index (Phi) is 4.82. The number of rotatable bonds is 4. The van der Waals surface area contributed by atoms with Crippen molar-refractivity contribution < 1.29 is 14.3 Å². The summed E-state index contributed by atoms with van der Waals surface area (Å²) in [5.41, 5.74) is 1.66. The molecule has 0 saturated carbocycles. The Morgan fingerprint density at radius 2 is 1.96 bits per heavy atom. The Balaban J connectivity index is 1.77. The molecule has 2 aromatic rings. The lowest BCUT2D eigenvalue weighted by Crippen LogP contribution is -2.23. The van der Waals surface area contributed by atoms with E-state index in [9.17, 15) is 10.1 Å². The highest BCUT2D eigenvalue weighted by molar-refractivity contribution is 9.10. The van der Waals surface area contributed by atoms with Crippen LogP contribution >= 0.6 is 15.9 Å². The summed E-state index contributed by atoms with van der Waals surface area (Å²) in [5.74, 6) is 0.795. The van der Waals surface area contributed by atoms with E-state index in [1.807, 2.05) is 36.4 Å². The van der Waals surface area contributed by atoms with Crippen LogP contribution in [0.4, 0.5) is 0 Å². The van der Waals surface area contributed by atoms with Gasteiger partial charge in [-0.2, -0.15) is 5.26 Å². The lowest BCUT2D eigenvalue weighted by molar-refractivity contribution is -0.117. The molecule has 0 aromatic heterocycles. The molecule has 3 rings (SSSR count). The summed E-state index contributed by atoms with van der Waals surface area (Å²) < 4.78 is 11.3. The Morgan fingerprint density at radius 3 is 2.67 bits per heavy atom. The number of carbonyl (C=O) groups excluding carboxylic acids is 1. The average molecular weight is 385 g/mol. The summed E-state index contributed by atoms with van der Waals surface area (Å²) in [6, 6.07) is 14.9. The van der Waals surface area contributed by atoms with Crippen LogP contribution in [0, 0.1) is 11.3 Å². The number of halogens is 1. The molecule has 1 heterocycles. The molecule has 0 unspecified atom stereocenters. The van der Waals surface area contributed by atoms with E-state index in [1.54, 1.807) is 12.1 Å². The Morgan fingerprint density at radius 1 is 1.25 bits per heavy atom. The van der Waals surface area contributed by atoms with Crippen LogP contribution in [-0.4, -0.2) is 12.7 Å². The van der Waals surface area contributed by atoms with Crippen LogP contribution < -0.4 is 14.8 Å². The first-order valence-electron chi connectivity index (χ1n) is 7.20. The van der Waals surface area contributed by atoms with Crippen LogP contribution in [0.3, 0.4) is 0 Å². The maximum atomic E-state index is 12.2. The molecule has 0 spiro atoms. The van der Waals surface area contributed by atoms with Gasteiger partial charge in [0.05, 0.1) is 0 Å². The highest BCUT2D eigenvalue weighted by Gasteiger charge is 2.17. The molecule has 0 aliphatic carbocycles. The van der Waals surface area contributed by atoms with Crippen molar-refractivity contribution in [3.05, 3.63) is 63.6 Å².